The van der Waals surface area contributed by atoms with E-state index < -0.39 is 0 Å². The lowest BCUT2D eigenvalue weighted by atomic mass is 10.1. The van der Waals surface area contributed by atoms with E-state index in [4.69, 9.17) is 5.84 Å². The van der Waals surface area contributed by atoms with Crippen LogP contribution in [0.25, 0.3) is 0 Å². The van der Waals surface area contributed by atoms with Crippen LogP contribution in [-0.4, -0.2) is 42.4 Å². The molecule has 4 N–H and O–H groups in total. The van der Waals surface area contributed by atoms with Gasteiger partial charge < -0.3 is 5.32 Å². The first-order chi connectivity index (χ1) is 7.06. The first-order valence-corrected chi connectivity index (χ1v) is 5.08. The molecule has 1 rings (SSSR count). The first-order valence-electron chi connectivity index (χ1n) is 5.08. The van der Waals surface area contributed by atoms with Crippen LogP contribution in [0, 0.1) is 5.92 Å². The molecule has 1 aliphatic heterocycles. The topological polar surface area (TPSA) is 87.5 Å². The van der Waals surface area contributed by atoms with E-state index in [0.29, 0.717) is 13.1 Å². The lowest BCUT2D eigenvalue weighted by Gasteiger charge is -2.34. The quantitative estimate of drug-likeness (QED) is 0.301. The minimum absolute atomic E-state index is 0.0154. The zero-order chi connectivity index (χ0) is 11.4. The molecule has 0 aromatic heterocycles. The molecular weight excluding hydrogens is 196 g/mol. The number of hydrazine groups is 1. The Bertz CT molecular complexity index is 256. The standard InChI is InChI=1S/C9H18N4O2/c1-6(8(14)12-10)5-13-4-3-11-9(15)7(13)2/h6-7H,3-5,10H2,1-2H3,(H,11,15)(H,12,14). The van der Waals surface area contributed by atoms with Crippen LogP contribution in [0.15, 0.2) is 0 Å². The summed E-state index contributed by atoms with van der Waals surface area (Å²) in [6, 6.07) is -0.174. The second-order valence-corrected chi connectivity index (χ2v) is 3.87. The van der Waals surface area contributed by atoms with Crippen molar-refractivity contribution in [1.82, 2.24) is 15.6 Å². The van der Waals surface area contributed by atoms with Crippen LogP contribution in [0.2, 0.25) is 0 Å². The second kappa shape index (κ2) is 5.09. The van der Waals surface area contributed by atoms with Gasteiger partial charge in [0.25, 0.3) is 0 Å². The number of hydrogen-bond donors (Lipinski definition) is 3. The Hall–Kier alpha value is -1.14. The third-order valence-electron chi connectivity index (χ3n) is 2.72. The third-order valence-corrected chi connectivity index (χ3v) is 2.72. The summed E-state index contributed by atoms with van der Waals surface area (Å²) in [6.07, 6.45) is 0. The van der Waals surface area contributed by atoms with Gasteiger partial charge in [0.05, 0.1) is 6.04 Å². The summed E-state index contributed by atoms with van der Waals surface area (Å²) in [5, 5.41) is 2.77. The van der Waals surface area contributed by atoms with E-state index in [-0.39, 0.29) is 23.8 Å². The fraction of sp³-hybridized carbons (Fsp3) is 0.778. The predicted octanol–water partition coefficient (Wildman–Crippen LogP) is -1.57. The van der Waals surface area contributed by atoms with Gasteiger partial charge in [0.15, 0.2) is 0 Å². The fourth-order valence-corrected chi connectivity index (χ4v) is 1.66. The van der Waals surface area contributed by atoms with E-state index in [0.717, 1.165) is 6.54 Å². The van der Waals surface area contributed by atoms with E-state index in [1.807, 2.05) is 11.8 Å². The van der Waals surface area contributed by atoms with Gasteiger partial charge in [0.1, 0.15) is 0 Å². The highest BCUT2D eigenvalue weighted by molar-refractivity contribution is 5.82. The number of rotatable bonds is 3. The Morgan fingerprint density at radius 2 is 2.47 bits per heavy atom. The van der Waals surface area contributed by atoms with Crippen LogP contribution in [0.5, 0.6) is 0 Å². The average Bonchev–Trinajstić information content (AvgIpc) is 2.23. The smallest absolute Gasteiger partial charge is 0.237 e. The van der Waals surface area contributed by atoms with Gasteiger partial charge in [-0.25, -0.2) is 5.84 Å². The largest absolute Gasteiger partial charge is 0.353 e. The number of carbonyl (C=O) groups excluding carboxylic acids is 2. The molecule has 6 heteroatoms. The fourth-order valence-electron chi connectivity index (χ4n) is 1.66. The molecule has 0 saturated carbocycles. The predicted molar refractivity (Wildman–Crippen MR) is 55.5 cm³/mol. The third kappa shape index (κ3) is 2.90. The molecule has 15 heavy (non-hydrogen) atoms. The normalized spacial score (nSPS) is 24.5. The summed E-state index contributed by atoms with van der Waals surface area (Å²) < 4.78 is 0. The molecule has 1 aliphatic rings. The molecule has 0 bridgehead atoms. The first kappa shape index (κ1) is 11.9. The lowest BCUT2D eigenvalue weighted by molar-refractivity contribution is -0.131. The molecule has 2 atom stereocenters. The number of carbonyl (C=O) groups is 2. The monoisotopic (exact) mass is 214 g/mol. The number of nitrogens with two attached hydrogens (primary N) is 1. The SMILES string of the molecule is CC(CN1CCNC(=O)C1C)C(=O)NN. The number of amides is 2. The van der Waals surface area contributed by atoms with E-state index in [1.54, 1.807) is 6.92 Å². The molecule has 2 amide bonds. The second-order valence-electron chi connectivity index (χ2n) is 3.87. The molecule has 0 radical (unpaired) electrons. The average molecular weight is 214 g/mol. The molecule has 0 aromatic rings. The van der Waals surface area contributed by atoms with Crippen molar-refractivity contribution in [3.63, 3.8) is 0 Å². The highest BCUT2D eigenvalue weighted by Crippen LogP contribution is 2.07. The maximum atomic E-state index is 11.3. The zero-order valence-electron chi connectivity index (χ0n) is 9.12. The van der Waals surface area contributed by atoms with Gasteiger partial charge in [-0.3, -0.25) is 19.9 Å². The van der Waals surface area contributed by atoms with Gasteiger partial charge >= 0.3 is 0 Å². The number of nitrogens with zero attached hydrogens (tertiary/aromatic N) is 1. The minimum Gasteiger partial charge on any atom is -0.353 e. The Kier molecular flexibility index (Phi) is 4.05. The molecule has 0 aliphatic carbocycles. The highest BCUT2D eigenvalue weighted by Gasteiger charge is 2.27. The van der Waals surface area contributed by atoms with Gasteiger partial charge in [0, 0.05) is 25.6 Å². The van der Waals surface area contributed by atoms with Gasteiger partial charge in [-0.15, -0.1) is 0 Å². The van der Waals surface area contributed by atoms with E-state index in [1.165, 1.54) is 0 Å². The van der Waals surface area contributed by atoms with E-state index >= 15 is 0 Å². The Labute approximate surface area is 89.1 Å². The summed E-state index contributed by atoms with van der Waals surface area (Å²) in [7, 11) is 0. The zero-order valence-corrected chi connectivity index (χ0v) is 9.12. The van der Waals surface area contributed by atoms with Crippen molar-refractivity contribution in [1.29, 1.82) is 0 Å². The van der Waals surface area contributed by atoms with Gasteiger partial charge in [-0.2, -0.15) is 0 Å². The summed E-state index contributed by atoms with van der Waals surface area (Å²) in [5.41, 5.74) is 2.11. The van der Waals surface area contributed by atoms with Gasteiger partial charge in [-0.05, 0) is 6.92 Å². The molecule has 86 valence electrons. The van der Waals surface area contributed by atoms with Gasteiger partial charge in [-0.1, -0.05) is 6.92 Å². The maximum Gasteiger partial charge on any atom is 0.237 e. The molecule has 0 aromatic carbocycles. The highest BCUT2D eigenvalue weighted by atomic mass is 16.2. The Morgan fingerprint density at radius 1 is 1.80 bits per heavy atom. The van der Waals surface area contributed by atoms with Crippen LogP contribution >= 0.6 is 0 Å². The molecule has 0 spiro atoms. The molecule has 1 saturated heterocycles. The molecule has 6 nitrogen and oxygen atoms in total. The summed E-state index contributed by atoms with van der Waals surface area (Å²) >= 11 is 0. The summed E-state index contributed by atoms with van der Waals surface area (Å²) in [6.45, 7) is 5.59. The maximum absolute atomic E-state index is 11.3. The van der Waals surface area contributed by atoms with Gasteiger partial charge in [0.2, 0.25) is 11.8 Å². The van der Waals surface area contributed by atoms with Crippen molar-refractivity contribution in [3.05, 3.63) is 0 Å². The number of piperazine rings is 1. The Morgan fingerprint density at radius 3 is 3.07 bits per heavy atom. The van der Waals surface area contributed by atoms with Crippen molar-refractivity contribution in [2.24, 2.45) is 11.8 Å². The Balaban J connectivity index is 2.49. The van der Waals surface area contributed by atoms with Crippen LogP contribution in [0.1, 0.15) is 13.8 Å². The van der Waals surface area contributed by atoms with E-state index in [2.05, 4.69) is 10.7 Å². The number of hydrogen-bond acceptors (Lipinski definition) is 4. The van der Waals surface area contributed by atoms with Crippen LogP contribution < -0.4 is 16.6 Å². The molecule has 2 unspecified atom stereocenters. The van der Waals surface area contributed by atoms with Crippen LogP contribution in [0.3, 0.4) is 0 Å². The molecule has 1 heterocycles. The minimum atomic E-state index is -0.205. The summed E-state index contributed by atoms with van der Waals surface area (Å²) in [4.78, 5) is 24.5. The van der Waals surface area contributed by atoms with Crippen molar-refractivity contribution in [2.75, 3.05) is 19.6 Å². The van der Waals surface area contributed by atoms with Crippen LogP contribution in [-0.2, 0) is 9.59 Å². The van der Waals surface area contributed by atoms with Crippen LogP contribution in [0.4, 0.5) is 0 Å². The van der Waals surface area contributed by atoms with Crippen molar-refractivity contribution < 1.29 is 9.59 Å². The van der Waals surface area contributed by atoms with Crippen molar-refractivity contribution in [2.45, 2.75) is 19.9 Å². The summed E-state index contributed by atoms with van der Waals surface area (Å²) in [5.74, 6) is 4.65. The molecular formula is C9H18N4O2. The number of nitrogens with one attached hydrogen (secondary N) is 2. The molecule has 1 fully saturated rings. The lowest BCUT2D eigenvalue weighted by Crippen LogP contribution is -2.55. The van der Waals surface area contributed by atoms with Crippen molar-refractivity contribution >= 4 is 11.8 Å². The van der Waals surface area contributed by atoms with Crippen molar-refractivity contribution in [3.8, 4) is 0 Å². The van der Waals surface area contributed by atoms with E-state index in [9.17, 15) is 9.59 Å².